The van der Waals surface area contributed by atoms with Gasteiger partial charge in [-0.15, -0.1) is 0 Å². The molecule has 4 saturated carbocycles. The second kappa shape index (κ2) is 9.18. The van der Waals surface area contributed by atoms with Crippen molar-refractivity contribution in [3.8, 4) is 0 Å². The van der Waals surface area contributed by atoms with Gasteiger partial charge in [0, 0.05) is 12.3 Å². The Morgan fingerprint density at radius 1 is 0.974 bits per heavy atom. The quantitative estimate of drug-likeness (QED) is 0.371. The second-order valence-corrected chi connectivity index (χ2v) is 15.6. The molecule has 5 aliphatic rings. The third-order valence-electron chi connectivity index (χ3n) is 13.9. The molecule has 0 radical (unpaired) electrons. The first-order chi connectivity index (χ1) is 18.1. The van der Waals surface area contributed by atoms with Gasteiger partial charge in [-0.1, -0.05) is 54.0 Å². The lowest BCUT2D eigenvalue weighted by molar-refractivity contribution is -0.221. The minimum atomic E-state index is -1.21. The molecule has 0 bridgehead atoms. The summed E-state index contributed by atoms with van der Waals surface area (Å²) in [5, 5.41) is 10.7. The van der Waals surface area contributed by atoms with Crippen LogP contribution >= 0.6 is 0 Å². The van der Waals surface area contributed by atoms with E-state index in [0.29, 0.717) is 43.4 Å². The van der Waals surface area contributed by atoms with Crippen molar-refractivity contribution >= 4 is 17.7 Å². The summed E-state index contributed by atoms with van der Waals surface area (Å²) in [4.78, 5) is 40.0. The summed E-state index contributed by atoms with van der Waals surface area (Å²) in [7, 11) is 0. The number of esters is 1. The predicted molar refractivity (Wildman–Crippen MR) is 152 cm³/mol. The van der Waals surface area contributed by atoms with Crippen molar-refractivity contribution in [2.75, 3.05) is 0 Å². The van der Waals surface area contributed by atoms with E-state index in [1.165, 1.54) is 24.8 Å². The maximum atomic E-state index is 14.5. The van der Waals surface area contributed by atoms with Gasteiger partial charge in [0.2, 0.25) is 0 Å². The maximum Gasteiger partial charge on any atom is 0.313 e. The van der Waals surface area contributed by atoms with Gasteiger partial charge >= 0.3 is 11.9 Å². The highest BCUT2D eigenvalue weighted by Crippen LogP contribution is 2.75. The Bertz CT molecular complexity index is 1090. The van der Waals surface area contributed by atoms with E-state index in [2.05, 4.69) is 47.6 Å². The van der Waals surface area contributed by atoms with Gasteiger partial charge in [-0.05, 0) is 116 Å². The molecule has 39 heavy (non-hydrogen) atoms. The van der Waals surface area contributed by atoms with Crippen molar-refractivity contribution < 1.29 is 24.2 Å². The fourth-order valence-corrected chi connectivity index (χ4v) is 11.2. The molecule has 0 aliphatic heterocycles. The number of carbonyl (C=O) groups is 3. The van der Waals surface area contributed by atoms with Gasteiger partial charge in [-0.2, -0.15) is 0 Å². The average molecular weight is 541 g/mol. The number of ether oxygens (including phenoxy) is 1. The summed E-state index contributed by atoms with van der Waals surface area (Å²) in [6.07, 6.45) is 9.98. The van der Waals surface area contributed by atoms with E-state index in [0.717, 1.165) is 19.3 Å². The lowest BCUT2D eigenvalue weighted by Crippen LogP contribution is -2.68. The average Bonchev–Trinajstić information content (AvgIpc) is 2.85. The highest BCUT2D eigenvalue weighted by molar-refractivity contribution is 5.96. The van der Waals surface area contributed by atoms with Crippen LogP contribution in [0.3, 0.4) is 0 Å². The maximum absolute atomic E-state index is 14.5. The van der Waals surface area contributed by atoms with Crippen LogP contribution in [0.25, 0.3) is 0 Å². The molecule has 5 nitrogen and oxygen atoms in total. The number of fused-ring (bicyclic) bond motifs is 7. The van der Waals surface area contributed by atoms with Gasteiger partial charge < -0.3 is 9.84 Å². The molecular weight excluding hydrogens is 488 g/mol. The van der Waals surface area contributed by atoms with Crippen LogP contribution < -0.4 is 0 Å². The Morgan fingerprint density at radius 2 is 1.67 bits per heavy atom. The van der Waals surface area contributed by atoms with Crippen molar-refractivity contribution in [2.24, 2.45) is 56.7 Å². The van der Waals surface area contributed by atoms with Crippen LogP contribution in [0.4, 0.5) is 0 Å². The van der Waals surface area contributed by atoms with Crippen LogP contribution in [0.1, 0.15) is 120 Å². The van der Waals surface area contributed by atoms with Gasteiger partial charge in [-0.3, -0.25) is 14.4 Å². The van der Waals surface area contributed by atoms with E-state index in [-0.39, 0.29) is 39.8 Å². The molecule has 0 aromatic carbocycles. The Kier molecular flexibility index (Phi) is 6.79. The normalized spacial score (nSPS) is 51.0. The molecule has 0 saturated heterocycles. The van der Waals surface area contributed by atoms with Gasteiger partial charge in [0.1, 0.15) is 11.5 Å². The lowest BCUT2D eigenvalue weighted by Gasteiger charge is -2.70. The summed E-state index contributed by atoms with van der Waals surface area (Å²) >= 11 is 0. The zero-order valence-corrected chi connectivity index (χ0v) is 25.7. The third-order valence-corrected chi connectivity index (χ3v) is 13.9. The molecule has 11 atom stereocenters. The molecule has 0 aromatic heterocycles. The van der Waals surface area contributed by atoms with E-state index in [1.807, 2.05) is 6.92 Å². The minimum Gasteiger partial charge on any atom is -0.481 e. The zero-order chi connectivity index (χ0) is 28.8. The lowest BCUT2D eigenvalue weighted by atomic mass is 9.33. The largest absolute Gasteiger partial charge is 0.481 e. The summed E-state index contributed by atoms with van der Waals surface area (Å²) in [5.41, 5.74) is -0.289. The highest BCUT2D eigenvalue weighted by Gasteiger charge is 2.72. The van der Waals surface area contributed by atoms with Crippen molar-refractivity contribution in [3.05, 3.63) is 11.6 Å². The molecule has 0 heterocycles. The summed E-state index contributed by atoms with van der Waals surface area (Å²) < 4.78 is 5.87. The van der Waals surface area contributed by atoms with Gasteiger partial charge in [0.25, 0.3) is 0 Å². The second-order valence-electron chi connectivity index (χ2n) is 15.6. The fraction of sp³-hybridized carbons (Fsp3) is 0.853. The van der Waals surface area contributed by atoms with Gasteiger partial charge in [0.05, 0.1) is 0 Å². The van der Waals surface area contributed by atoms with Crippen LogP contribution in [-0.2, 0) is 19.1 Å². The number of hydrogen-bond acceptors (Lipinski definition) is 4. The van der Waals surface area contributed by atoms with Crippen molar-refractivity contribution in [3.63, 3.8) is 0 Å². The van der Waals surface area contributed by atoms with Gasteiger partial charge in [0.15, 0.2) is 5.78 Å². The molecule has 4 fully saturated rings. The minimum absolute atomic E-state index is 0.0703. The molecular formula is C34H52O5. The highest BCUT2D eigenvalue weighted by atomic mass is 16.5. The Labute approximate surface area is 235 Å². The molecule has 5 aliphatic carbocycles. The first kappa shape index (κ1) is 28.9. The number of rotatable bonds is 4. The van der Waals surface area contributed by atoms with Crippen molar-refractivity contribution in [2.45, 2.75) is 126 Å². The van der Waals surface area contributed by atoms with E-state index < -0.39 is 22.9 Å². The number of hydrogen-bond donors (Lipinski definition) is 1. The van der Waals surface area contributed by atoms with E-state index >= 15 is 0 Å². The van der Waals surface area contributed by atoms with E-state index in [9.17, 15) is 19.5 Å². The number of aliphatic carboxylic acids is 1. The molecule has 5 heteroatoms. The molecule has 0 spiro atoms. The third kappa shape index (κ3) is 3.72. The Hall–Kier alpha value is -1.65. The van der Waals surface area contributed by atoms with Crippen LogP contribution in [0.2, 0.25) is 0 Å². The summed E-state index contributed by atoms with van der Waals surface area (Å²) in [5.74, 6) is 0.212. The Balaban J connectivity index is 1.58. The summed E-state index contributed by atoms with van der Waals surface area (Å²) in [6, 6.07) is 0. The van der Waals surface area contributed by atoms with Crippen molar-refractivity contribution in [1.29, 1.82) is 0 Å². The first-order valence-corrected chi connectivity index (χ1v) is 15.8. The first-order valence-electron chi connectivity index (χ1n) is 15.8. The molecule has 0 unspecified atom stereocenters. The molecule has 5 rings (SSSR count). The van der Waals surface area contributed by atoms with E-state index in [4.69, 9.17) is 4.74 Å². The van der Waals surface area contributed by atoms with Crippen LogP contribution in [0.5, 0.6) is 0 Å². The topological polar surface area (TPSA) is 80.7 Å². The van der Waals surface area contributed by atoms with Gasteiger partial charge in [-0.25, -0.2) is 0 Å². The van der Waals surface area contributed by atoms with Crippen LogP contribution in [0, 0.1) is 56.7 Å². The zero-order valence-electron chi connectivity index (χ0n) is 25.7. The monoisotopic (exact) mass is 540 g/mol. The molecule has 0 amide bonds. The van der Waals surface area contributed by atoms with Crippen molar-refractivity contribution in [1.82, 2.24) is 0 Å². The van der Waals surface area contributed by atoms with E-state index in [1.54, 1.807) is 6.92 Å². The molecule has 1 N–H and O–H groups in total. The fourth-order valence-electron chi connectivity index (χ4n) is 11.2. The number of allylic oxidation sites excluding steroid dienone is 2. The predicted octanol–water partition coefficient (Wildman–Crippen LogP) is 7.62. The number of ketones is 1. The van der Waals surface area contributed by atoms with Crippen LogP contribution in [0.15, 0.2) is 11.6 Å². The smallest absolute Gasteiger partial charge is 0.313 e. The SMILES string of the molecule is CCCC(=O)O[C@@H]1CC[C@@]2(C)[C@@H](CC[C@]3(C)[C@@H]2C(=O)C=C2[C@@H]4[C@@H](C)[C@H](C)CC[C@]4(C)CC[C@]23C)[C@@]1(C)C(=O)O. The molecule has 218 valence electrons. The van der Waals surface area contributed by atoms with Crippen LogP contribution in [-0.4, -0.2) is 28.9 Å². The molecule has 0 aromatic rings. The number of carboxylic acid groups (broad SMARTS) is 1. The number of carbonyl (C=O) groups excluding carboxylic acids is 2. The summed E-state index contributed by atoms with van der Waals surface area (Å²) in [6.45, 7) is 18.0. The standard InChI is InChI=1S/C34H52O5/c1-9-10-26(36)39-25-13-15-31(5)24(34(25,8)29(37)38)12-16-33(7)28(31)23(35)19-22-27-21(3)20(2)11-14-30(27,4)17-18-32(22,33)6/h19-21,24-25,27-28H,9-18H2,1-8H3,(H,37,38)/t20-,21+,24-,25-,27+,28-,30-,31+,32-,33-,34-/m1/s1. The number of carboxylic acids is 1. The Morgan fingerprint density at radius 3 is 2.31 bits per heavy atom.